The third-order valence-electron chi connectivity index (χ3n) is 3.80. The molecule has 11 heteroatoms. The molecule has 0 nitrogen and oxygen atoms in total. The Morgan fingerprint density at radius 2 is 0.741 bits per heavy atom. The van der Waals surface area contributed by atoms with Crippen LogP contribution in [0.5, 0.6) is 0 Å². The molecule has 2 aromatic rings. The molecular weight excluding hydrogens is 393 g/mol. The minimum Gasteiger partial charge on any atom is -0.322 e. The van der Waals surface area contributed by atoms with E-state index in [4.69, 9.17) is 0 Å². The van der Waals surface area contributed by atoms with Crippen molar-refractivity contribution in [2.75, 3.05) is 0 Å². The third-order valence-corrected chi connectivity index (χ3v) is 3.80. The van der Waals surface area contributed by atoms with E-state index in [1.165, 1.54) is 20.8 Å². The molecule has 0 saturated heterocycles. The van der Waals surface area contributed by atoms with Crippen molar-refractivity contribution in [1.29, 1.82) is 0 Å². The van der Waals surface area contributed by atoms with E-state index in [9.17, 15) is 43.8 Å². The molecule has 2 rings (SSSR count). The molecule has 0 aliphatic carbocycles. The predicted molar refractivity (Wildman–Crippen MR) is 77.3 cm³/mol. The number of hydrogen-bond donors (Lipinski definition) is 0. The van der Waals surface area contributed by atoms with Gasteiger partial charge in [0.2, 0.25) is 0 Å². The lowest BCUT2D eigenvalue weighted by atomic mass is 9.57. The second-order valence-electron chi connectivity index (χ2n) is 6.64. The van der Waals surface area contributed by atoms with Crippen molar-refractivity contribution in [2.24, 2.45) is 0 Å². The molecule has 0 spiro atoms. The Morgan fingerprint density at radius 3 is 1.04 bits per heavy atom. The van der Waals surface area contributed by atoms with Crippen LogP contribution in [0.1, 0.15) is 26.3 Å². The number of hydrogen-bond acceptors (Lipinski definition) is 0. The Balaban J connectivity index is 2.86. The van der Waals surface area contributed by atoms with Crippen LogP contribution in [0.3, 0.4) is 0 Å². The van der Waals surface area contributed by atoms with E-state index in [0.717, 1.165) is 0 Å². The first-order valence-electron chi connectivity index (χ1n) is 7.25. The van der Waals surface area contributed by atoms with Gasteiger partial charge in [0.1, 0.15) is 0 Å². The second kappa shape index (κ2) is 6.76. The fourth-order valence-corrected chi connectivity index (χ4v) is 2.52. The molecule has 0 atom stereocenters. The van der Waals surface area contributed by atoms with Gasteiger partial charge >= 0.3 is 6.99 Å². The van der Waals surface area contributed by atoms with Gasteiger partial charge in [-0.3, -0.25) is 0 Å². The highest BCUT2D eigenvalue weighted by molar-refractivity contribution is 6.79. The van der Waals surface area contributed by atoms with Crippen LogP contribution in [0.25, 0.3) is 0 Å². The van der Waals surface area contributed by atoms with Crippen LogP contribution in [0.2, 0.25) is 0 Å². The lowest BCUT2D eigenvalue weighted by Crippen LogP contribution is -2.48. The molecular formula is C16H9BF10. The molecule has 0 aliphatic heterocycles. The monoisotopic (exact) mass is 402 g/mol. The zero-order chi connectivity index (χ0) is 21.0. The van der Waals surface area contributed by atoms with Crippen LogP contribution >= 0.6 is 0 Å². The summed E-state index contributed by atoms with van der Waals surface area (Å²) in [5.74, 6) is -22.1. The quantitative estimate of drug-likeness (QED) is 0.304. The zero-order valence-corrected chi connectivity index (χ0v) is 13.9. The maximum Gasteiger partial charge on any atom is 0.425 e. The Hall–Kier alpha value is -2.20. The third kappa shape index (κ3) is 3.16. The molecule has 0 bridgehead atoms. The summed E-state index contributed by atoms with van der Waals surface area (Å²) in [5, 5.41) is 0. The van der Waals surface area contributed by atoms with Gasteiger partial charge in [-0.25, -0.2) is 39.5 Å². The molecule has 0 amide bonds. The summed E-state index contributed by atoms with van der Waals surface area (Å²) in [7, 11) is 0. The first-order chi connectivity index (χ1) is 12.2. The average Bonchev–Trinajstić information content (AvgIpc) is 2.56. The summed E-state index contributed by atoms with van der Waals surface area (Å²) in [6.07, 6.45) is 0. The Kier molecular flexibility index (Phi) is 5.28. The normalized spacial score (nSPS) is 11.9. The molecule has 0 aromatic heterocycles. The fourth-order valence-electron chi connectivity index (χ4n) is 2.52. The van der Waals surface area contributed by atoms with Gasteiger partial charge in [0.05, 0.1) is 0 Å². The summed E-state index contributed by atoms with van der Waals surface area (Å²) in [6, 6.07) is 0. The van der Waals surface area contributed by atoms with Crippen molar-refractivity contribution >= 4 is 17.9 Å². The largest absolute Gasteiger partial charge is 0.425 e. The van der Waals surface area contributed by atoms with Gasteiger partial charge in [-0.1, -0.05) is 20.8 Å². The first kappa shape index (κ1) is 21.1. The molecule has 27 heavy (non-hydrogen) atoms. The van der Waals surface area contributed by atoms with Crippen LogP contribution in [0.15, 0.2) is 0 Å². The predicted octanol–water partition coefficient (Wildman–Crippen LogP) is 4.31. The zero-order valence-electron chi connectivity index (χ0n) is 13.9. The second-order valence-corrected chi connectivity index (χ2v) is 6.64. The van der Waals surface area contributed by atoms with Crippen LogP contribution < -0.4 is 10.9 Å². The molecule has 0 aliphatic rings. The van der Waals surface area contributed by atoms with Gasteiger partial charge in [0, 0.05) is 16.5 Å². The topological polar surface area (TPSA) is 0 Å². The van der Waals surface area contributed by atoms with Gasteiger partial charge in [-0.2, -0.15) is 0 Å². The van der Waals surface area contributed by atoms with Crippen molar-refractivity contribution in [2.45, 2.75) is 26.2 Å². The fraction of sp³-hybridized carbons (Fsp3) is 0.250. The van der Waals surface area contributed by atoms with E-state index in [0.29, 0.717) is 0 Å². The molecule has 2 aromatic carbocycles. The maximum atomic E-state index is 14.4. The van der Waals surface area contributed by atoms with Gasteiger partial charge in [-0.15, -0.1) is 0 Å². The van der Waals surface area contributed by atoms with Crippen LogP contribution in [0, 0.1) is 52.4 Å². The Bertz CT molecular complexity index is 874. The lowest BCUT2D eigenvalue weighted by Gasteiger charge is -2.23. The van der Waals surface area contributed by atoms with E-state index in [-0.39, 0.29) is 0 Å². The number of benzene rings is 2. The van der Waals surface area contributed by atoms with E-state index in [1.54, 1.807) is 0 Å². The maximum absolute atomic E-state index is 14.4. The number of halogens is 10. The molecule has 0 N–H and O–H groups in total. The van der Waals surface area contributed by atoms with E-state index < -0.39 is 81.2 Å². The molecule has 146 valence electrons. The Morgan fingerprint density at radius 1 is 0.481 bits per heavy atom. The minimum atomic E-state index is -3.72. The van der Waals surface area contributed by atoms with Crippen LogP contribution in [-0.4, -0.2) is 6.99 Å². The summed E-state index contributed by atoms with van der Waals surface area (Å²) in [5.41, 5.74) is -7.04. The molecule has 0 saturated carbocycles. The highest BCUT2D eigenvalue weighted by Crippen LogP contribution is 2.30. The van der Waals surface area contributed by atoms with Crippen molar-refractivity contribution in [3.05, 3.63) is 57.9 Å². The smallest absolute Gasteiger partial charge is 0.322 e. The van der Waals surface area contributed by atoms with E-state index in [2.05, 4.69) is 0 Å². The molecule has 0 unspecified atom stereocenters. The van der Waals surface area contributed by atoms with Gasteiger partial charge in [0.25, 0.3) is 0 Å². The van der Waals surface area contributed by atoms with E-state index in [1.807, 2.05) is 0 Å². The Labute approximate surface area is 146 Å². The average molecular weight is 402 g/mol. The summed E-state index contributed by atoms with van der Waals surface area (Å²) in [4.78, 5) is 0. The molecule has 0 heterocycles. The lowest BCUT2D eigenvalue weighted by molar-refractivity contribution is 0.383. The van der Waals surface area contributed by atoms with Crippen molar-refractivity contribution in [3.63, 3.8) is 0 Å². The highest BCUT2D eigenvalue weighted by atomic mass is 19.2. The van der Waals surface area contributed by atoms with Crippen LogP contribution in [0.4, 0.5) is 43.8 Å². The van der Waals surface area contributed by atoms with Crippen molar-refractivity contribution < 1.29 is 43.8 Å². The van der Waals surface area contributed by atoms with Gasteiger partial charge in [0.15, 0.2) is 52.4 Å². The number of rotatable bonds is 2. The summed E-state index contributed by atoms with van der Waals surface area (Å²) >= 11 is 0. The molecule has 0 radical (unpaired) electrons. The van der Waals surface area contributed by atoms with Crippen LogP contribution in [-0.2, 0) is 5.41 Å². The van der Waals surface area contributed by atoms with Crippen molar-refractivity contribution in [3.8, 4) is 0 Å². The van der Waals surface area contributed by atoms with Gasteiger partial charge in [-0.05, 0) is 5.41 Å². The summed E-state index contributed by atoms with van der Waals surface area (Å²) < 4.78 is 138. The minimum absolute atomic E-state index is 1.12. The molecule has 0 fully saturated rings. The van der Waals surface area contributed by atoms with E-state index >= 15 is 0 Å². The standard InChI is InChI=1S/C16H9BF10/c1-16(2,3)4-7(18)9(20)5(10(21)8(4)19)17(27)6-11(22)13(24)15(26)14(25)12(6)23/h1-3H3. The van der Waals surface area contributed by atoms with Gasteiger partial charge < -0.3 is 4.32 Å². The first-order valence-corrected chi connectivity index (χ1v) is 7.25. The summed E-state index contributed by atoms with van der Waals surface area (Å²) in [6.45, 7) is -0.203. The highest BCUT2D eigenvalue weighted by Gasteiger charge is 2.41. The van der Waals surface area contributed by atoms with Crippen molar-refractivity contribution in [1.82, 2.24) is 0 Å². The SMILES string of the molecule is CC(C)(C)c1c(F)c(F)c(B(F)c2c(F)c(F)c(F)c(F)c2F)c(F)c1F.